The van der Waals surface area contributed by atoms with Gasteiger partial charge in [0.05, 0.1) is 6.20 Å². The zero-order valence-electron chi connectivity index (χ0n) is 14.0. The van der Waals surface area contributed by atoms with E-state index in [4.69, 9.17) is 9.15 Å². The van der Waals surface area contributed by atoms with E-state index in [1.54, 1.807) is 0 Å². The van der Waals surface area contributed by atoms with Crippen LogP contribution in [0.1, 0.15) is 10.7 Å². The molecule has 0 saturated carbocycles. The molecule has 7 nitrogen and oxygen atoms in total. The molecule has 0 unspecified atom stereocenters. The highest BCUT2D eigenvalue weighted by molar-refractivity contribution is 6.76. The van der Waals surface area contributed by atoms with Crippen molar-refractivity contribution in [2.75, 3.05) is 6.61 Å². The van der Waals surface area contributed by atoms with E-state index in [0.717, 1.165) is 23.7 Å². The molecule has 0 amide bonds. The van der Waals surface area contributed by atoms with Gasteiger partial charge >= 0.3 is 0 Å². The fourth-order valence-electron chi connectivity index (χ4n) is 2.30. The molecule has 0 aliphatic carbocycles. The lowest BCUT2D eigenvalue weighted by molar-refractivity contribution is 0.0899. The van der Waals surface area contributed by atoms with Crippen molar-refractivity contribution in [3.63, 3.8) is 0 Å². The van der Waals surface area contributed by atoms with Gasteiger partial charge in [-0.15, -0.1) is 0 Å². The van der Waals surface area contributed by atoms with Gasteiger partial charge in [-0.1, -0.05) is 19.6 Å². The smallest absolute Gasteiger partial charge is 0.260 e. The first-order chi connectivity index (χ1) is 11.5. The average molecular weight is 344 g/mol. The van der Waals surface area contributed by atoms with Crippen LogP contribution in [0.5, 0.6) is 0 Å². The van der Waals surface area contributed by atoms with E-state index in [0.29, 0.717) is 24.5 Å². The quantitative estimate of drug-likeness (QED) is 0.372. The molecular formula is C16H20N4O3Si. The van der Waals surface area contributed by atoms with Crippen molar-refractivity contribution in [2.45, 2.75) is 32.4 Å². The lowest BCUT2D eigenvalue weighted by Gasteiger charge is -2.15. The molecular weight excluding hydrogens is 324 g/mol. The van der Waals surface area contributed by atoms with Gasteiger partial charge in [-0.2, -0.15) is 0 Å². The van der Waals surface area contributed by atoms with Crippen LogP contribution in [0.2, 0.25) is 25.7 Å². The Hall–Kier alpha value is -2.32. The number of hydrogen-bond donors (Lipinski definition) is 0. The van der Waals surface area contributed by atoms with Crippen LogP contribution in [-0.2, 0) is 11.5 Å². The Balaban J connectivity index is 1.80. The molecule has 0 spiro atoms. The minimum absolute atomic E-state index is 0.0332. The number of aromatic nitrogens is 4. The summed E-state index contributed by atoms with van der Waals surface area (Å²) in [5.74, 6) is 0.479. The van der Waals surface area contributed by atoms with Crippen LogP contribution < -0.4 is 0 Å². The Morgan fingerprint density at radius 3 is 2.83 bits per heavy atom. The maximum Gasteiger partial charge on any atom is 0.260 e. The molecule has 0 fully saturated rings. The Morgan fingerprint density at radius 1 is 1.29 bits per heavy atom. The number of hydrogen-bond acceptors (Lipinski definition) is 6. The van der Waals surface area contributed by atoms with Gasteiger partial charge in [-0.25, -0.2) is 15.0 Å². The first kappa shape index (κ1) is 16.5. The third-order valence-electron chi connectivity index (χ3n) is 3.64. The summed E-state index contributed by atoms with van der Waals surface area (Å²) in [5.41, 5.74) is 1.37. The normalized spacial score (nSPS) is 12.0. The number of carbonyl (C=O) groups excluding carboxylic acids is 1. The standard InChI is InChI=1S/C16H20N4O3Si/c1-24(2,3)7-6-22-11-20-5-4-12-15(18-10-19-16(12)20)13-8-17-14(9-21)23-13/h4-5,8-10H,6-7,11H2,1-3H3. The van der Waals surface area contributed by atoms with Gasteiger partial charge in [0.1, 0.15) is 24.4 Å². The molecule has 24 heavy (non-hydrogen) atoms. The molecule has 0 aromatic carbocycles. The second-order valence-electron chi connectivity index (χ2n) is 6.77. The van der Waals surface area contributed by atoms with Gasteiger partial charge in [0.25, 0.3) is 5.89 Å². The Labute approximate surface area is 140 Å². The van der Waals surface area contributed by atoms with Gasteiger partial charge < -0.3 is 13.7 Å². The summed E-state index contributed by atoms with van der Waals surface area (Å²) in [6.45, 7) is 8.17. The second-order valence-corrected chi connectivity index (χ2v) is 12.4. The third-order valence-corrected chi connectivity index (χ3v) is 5.34. The molecule has 0 atom stereocenters. The van der Waals surface area contributed by atoms with Crippen molar-refractivity contribution >= 4 is 25.4 Å². The molecule has 3 heterocycles. The summed E-state index contributed by atoms with van der Waals surface area (Å²) in [5, 5.41) is 0.833. The van der Waals surface area contributed by atoms with Gasteiger partial charge in [-0.05, 0) is 12.1 Å². The summed E-state index contributed by atoms with van der Waals surface area (Å²) in [6.07, 6.45) is 5.44. The van der Waals surface area contributed by atoms with Crippen molar-refractivity contribution in [2.24, 2.45) is 0 Å². The number of ether oxygens (including phenoxy) is 1. The molecule has 0 radical (unpaired) electrons. The summed E-state index contributed by atoms with van der Waals surface area (Å²) in [4.78, 5) is 23.2. The maximum absolute atomic E-state index is 10.7. The number of fused-ring (bicyclic) bond motifs is 1. The van der Waals surface area contributed by atoms with Gasteiger partial charge in [0.15, 0.2) is 5.76 Å². The van der Waals surface area contributed by atoms with E-state index in [1.807, 2.05) is 16.8 Å². The number of carbonyl (C=O) groups is 1. The number of aldehydes is 1. The number of oxazole rings is 1. The van der Waals surface area contributed by atoms with E-state index >= 15 is 0 Å². The maximum atomic E-state index is 10.7. The summed E-state index contributed by atoms with van der Waals surface area (Å²) < 4.78 is 13.1. The molecule has 0 N–H and O–H groups in total. The van der Waals surface area contributed by atoms with Crippen LogP contribution in [0.25, 0.3) is 22.5 Å². The zero-order chi connectivity index (χ0) is 17.2. The lowest BCUT2D eigenvalue weighted by atomic mass is 10.2. The Kier molecular flexibility index (Phi) is 4.59. The van der Waals surface area contributed by atoms with Crippen molar-refractivity contribution in [3.8, 4) is 11.5 Å². The minimum atomic E-state index is -1.10. The van der Waals surface area contributed by atoms with Gasteiger partial charge in [-0.3, -0.25) is 4.79 Å². The predicted octanol–water partition coefficient (Wildman–Crippen LogP) is 3.21. The first-order valence-electron chi connectivity index (χ1n) is 7.77. The molecule has 3 aromatic heterocycles. The lowest BCUT2D eigenvalue weighted by Crippen LogP contribution is -2.22. The predicted molar refractivity (Wildman–Crippen MR) is 92.5 cm³/mol. The van der Waals surface area contributed by atoms with Crippen molar-refractivity contribution in [1.82, 2.24) is 19.5 Å². The van der Waals surface area contributed by atoms with E-state index in [9.17, 15) is 4.79 Å². The Bertz CT molecular complexity index is 850. The molecule has 126 valence electrons. The van der Waals surface area contributed by atoms with Crippen LogP contribution in [-0.4, -0.2) is 40.5 Å². The van der Waals surface area contributed by atoms with Crippen LogP contribution in [0.4, 0.5) is 0 Å². The minimum Gasteiger partial charge on any atom is -0.432 e. The second kappa shape index (κ2) is 6.66. The molecule has 0 bridgehead atoms. The van der Waals surface area contributed by atoms with E-state index in [2.05, 4.69) is 34.6 Å². The van der Waals surface area contributed by atoms with Gasteiger partial charge in [0.2, 0.25) is 6.29 Å². The highest BCUT2D eigenvalue weighted by atomic mass is 28.3. The first-order valence-corrected chi connectivity index (χ1v) is 11.5. The summed E-state index contributed by atoms with van der Waals surface area (Å²) >= 11 is 0. The topological polar surface area (TPSA) is 83.0 Å². The fraction of sp³-hybridized carbons (Fsp3) is 0.375. The Morgan fingerprint density at radius 2 is 2.12 bits per heavy atom. The largest absolute Gasteiger partial charge is 0.432 e. The third kappa shape index (κ3) is 3.60. The van der Waals surface area contributed by atoms with Crippen LogP contribution in [0.15, 0.2) is 29.2 Å². The van der Waals surface area contributed by atoms with E-state index in [1.165, 1.54) is 12.5 Å². The van der Waals surface area contributed by atoms with Crippen LogP contribution >= 0.6 is 0 Å². The number of nitrogens with zero attached hydrogens (tertiary/aromatic N) is 4. The van der Waals surface area contributed by atoms with Crippen molar-refractivity contribution < 1.29 is 13.9 Å². The fourth-order valence-corrected chi connectivity index (χ4v) is 3.05. The molecule has 0 aliphatic rings. The molecule has 0 aliphatic heterocycles. The summed E-state index contributed by atoms with van der Waals surface area (Å²) in [7, 11) is -1.10. The molecule has 3 rings (SSSR count). The SMILES string of the molecule is C[Si](C)(C)CCOCn1ccc2c(-c3cnc(C=O)o3)ncnc21. The highest BCUT2D eigenvalue weighted by Gasteiger charge is 2.15. The van der Waals surface area contributed by atoms with Gasteiger partial charge in [0, 0.05) is 26.3 Å². The van der Waals surface area contributed by atoms with Crippen molar-refractivity contribution in [1.29, 1.82) is 0 Å². The molecule has 0 saturated heterocycles. The summed E-state index contributed by atoms with van der Waals surface area (Å²) in [6, 6.07) is 3.04. The monoisotopic (exact) mass is 344 g/mol. The number of rotatable bonds is 7. The van der Waals surface area contributed by atoms with E-state index < -0.39 is 8.07 Å². The van der Waals surface area contributed by atoms with Crippen LogP contribution in [0, 0.1) is 0 Å². The van der Waals surface area contributed by atoms with Crippen LogP contribution in [0.3, 0.4) is 0 Å². The van der Waals surface area contributed by atoms with E-state index in [-0.39, 0.29) is 5.89 Å². The highest BCUT2D eigenvalue weighted by Crippen LogP contribution is 2.26. The van der Waals surface area contributed by atoms with Crippen molar-refractivity contribution in [3.05, 3.63) is 30.7 Å². The molecule has 3 aromatic rings. The zero-order valence-corrected chi connectivity index (χ0v) is 15.0. The average Bonchev–Trinajstić information content (AvgIpc) is 3.17. The molecule has 8 heteroatoms.